The van der Waals surface area contributed by atoms with Crippen LogP contribution in [0.3, 0.4) is 0 Å². The number of nitrogens with zero attached hydrogens (tertiary/aromatic N) is 1. The molecule has 2 atom stereocenters. The molecule has 0 saturated heterocycles. The predicted octanol–water partition coefficient (Wildman–Crippen LogP) is 3.11. The van der Waals surface area contributed by atoms with Gasteiger partial charge in [-0.3, -0.25) is 14.5 Å². The number of carbonyl (C=O) groups excluding carboxylic acids is 2. The van der Waals surface area contributed by atoms with Crippen LogP contribution in [0, 0.1) is 0 Å². The average molecular weight is 511 g/mol. The molecule has 2 aromatic rings. The fraction of sp³-hybridized carbons (Fsp3) is 0.391. The molecule has 1 aromatic carbocycles. The second-order valence-electron chi connectivity index (χ2n) is 7.56. The average Bonchev–Trinajstić information content (AvgIpc) is 3.26. The first kappa shape index (κ1) is 27.3. The van der Waals surface area contributed by atoms with Gasteiger partial charge >= 0.3 is 17.9 Å². The zero-order valence-electron chi connectivity index (χ0n) is 18.8. The lowest BCUT2D eigenvalue weighted by Crippen LogP contribution is -2.39. The van der Waals surface area contributed by atoms with Gasteiger partial charge < -0.3 is 20.3 Å². The van der Waals surface area contributed by atoms with Crippen molar-refractivity contribution < 1.29 is 34.1 Å². The van der Waals surface area contributed by atoms with Gasteiger partial charge in [0, 0.05) is 36.3 Å². The molecule has 34 heavy (non-hydrogen) atoms. The third kappa shape index (κ3) is 7.82. The van der Waals surface area contributed by atoms with E-state index in [-0.39, 0.29) is 18.8 Å². The molecular formula is C23H27ClN2O7S. The Labute approximate surface area is 206 Å². The second-order valence-corrected chi connectivity index (χ2v) is 8.97. The van der Waals surface area contributed by atoms with E-state index < -0.39 is 29.9 Å². The summed E-state index contributed by atoms with van der Waals surface area (Å²) < 4.78 is 5.01. The molecule has 2 heterocycles. The summed E-state index contributed by atoms with van der Waals surface area (Å²) >= 11 is 8.07. The Kier molecular flexibility index (Phi) is 10.5. The Morgan fingerprint density at radius 3 is 2.50 bits per heavy atom. The molecule has 1 amide bonds. The number of hydrogen-bond donors (Lipinski definition) is 3. The smallest absolute Gasteiger partial charge is 0.327 e. The van der Waals surface area contributed by atoms with E-state index in [1.165, 1.54) is 24.5 Å². The lowest BCUT2D eigenvalue weighted by molar-refractivity contribution is -0.148. The number of carboxylic acid groups (broad SMARTS) is 2. The van der Waals surface area contributed by atoms with Gasteiger partial charge in [-0.05, 0) is 41.5 Å². The summed E-state index contributed by atoms with van der Waals surface area (Å²) in [6.45, 7) is 2.76. The van der Waals surface area contributed by atoms with E-state index in [0.29, 0.717) is 5.02 Å². The maximum Gasteiger partial charge on any atom is 0.327 e. The number of aliphatic carboxylic acids is 2. The molecule has 3 N–H and O–H groups in total. The largest absolute Gasteiger partial charge is 0.481 e. The number of fused-ring (bicyclic) bond motifs is 1. The summed E-state index contributed by atoms with van der Waals surface area (Å²) in [4.78, 5) is 46.9. The van der Waals surface area contributed by atoms with Crippen molar-refractivity contribution in [3.63, 3.8) is 0 Å². The minimum Gasteiger partial charge on any atom is -0.481 e. The molecule has 0 radical (unpaired) electrons. The highest BCUT2D eigenvalue weighted by molar-refractivity contribution is 7.10. The van der Waals surface area contributed by atoms with Crippen molar-refractivity contribution in [2.45, 2.75) is 44.8 Å². The van der Waals surface area contributed by atoms with Gasteiger partial charge in [0.05, 0.1) is 7.11 Å². The topological polar surface area (TPSA) is 133 Å². The number of ether oxygens (including phenoxy) is 1. The van der Waals surface area contributed by atoms with Crippen LogP contribution >= 0.6 is 22.9 Å². The Balaban J connectivity index is 0.000000273. The van der Waals surface area contributed by atoms with Gasteiger partial charge in [-0.25, -0.2) is 9.59 Å². The quantitative estimate of drug-likeness (QED) is 0.461. The van der Waals surface area contributed by atoms with E-state index in [1.54, 1.807) is 11.3 Å². The van der Waals surface area contributed by atoms with E-state index in [0.717, 1.165) is 25.1 Å². The number of halogens is 1. The van der Waals surface area contributed by atoms with Crippen molar-refractivity contribution in [3.8, 4) is 0 Å². The highest BCUT2D eigenvalue weighted by Gasteiger charge is 2.32. The van der Waals surface area contributed by atoms with Crippen LogP contribution in [0.2, 0.25) is 5.02 Å². The highest BCUT2D eigenvalue weighted by Crippen LogP contribution is 2.33. The first-order valence-electron chi connectivity index (χ1n) is 10.5. The maximum atomic E-state index is 12.3. The first-order valence-corrected chi connectivity index (χ1v) is 11.7. The Bertz CT molecular complexity index is 1030. The Morgan fingerprint density at radius 2 is 1.91 bits per heavy atom. The molecule has 0 bridgehead atoms. The van der Waals surface area contributed by atoms with Crippen molar-refractivity contribution in [3.05, 3.63) is 56.7 Å². The molecule has 3 rings (SSSR count). The third-order valence-corrected chi connectivity index (χ3v) is 6.52. The van der Waals surface area contributed by atoms with Crippen molar-refractivity contribution in [2.75, 3.05) is 13.7 Å². The molecule has 1 aliphatic heterocycles. The van der Waals surface area contributed by atoms with Gasteiger partial charge in [-0.2, -0.15) is 0 Å². The van der Waals surface area contributed by atoms with Crippen LogP contribution in [0.15, 0.2) is 35.7 Å². The lowest BCUT2D eigenvalue weighted by Gasteiger charge is -2.33. The van der Waals surface area contributed by atoms with Crippen LogP contribution in [0.4, 0.5) is 0 Å². The van der Waals surface area contributed by atoms with Crippen LogP contribution < -0.4 is 5.32 Å². The van der Waals surface area contributed by atoms with Crippen LogP contribution in [0.1, 0.15) is 41.8 Å². The van der Waals surface area contributed by atoms with E-state index in [2.05, 4.69) is 21.7 Å². The summed E-state index contributed by atoms with van der Waals surface area (Å²) in [5.74, 6) is -3.06. The zero-order valence-corrected chi connectivity index (χ0v) is 20.4. The summed E-state index contributed by atoms with van der Waals surface area (Å²) in [5.41, 5.74) is 2.11. The monoisotopic (exact) mass is 510 g/mol. The SMILES string of the molecule is CC(=O)NC(CCC(=O)O)C(=O)O.COC(=O)[C@@H](c1ccccc1Cl)N1CCc2sccc2C1. The number of esters is 1. The number of rotatable bonds is 8. The first-order chi connectivity index (χ1) is 16.1. The Morgan fingerprint density at radius 1 is 1.21 bits per heavy atom. The molecule has 0 fully saturated rings. The molecule has 11 heteroatoms. The number of hydrogen-bond acceptors (Lipinski definition) is 7. The molecule has 184 valence electrons. The highest BCUT2D eigenvalue weighted by atomic mass is 35.5. The van der Waals surface area contributed by atoms with E-state index in [9.17, 15) is 19.2 Å². The molecule has 1 unspecified atom stereocenters. The summed E-state index contributed by atoms with van der Waals surface area (Å²) in [6, 6.07) is 8.04. The van der Waals surface area contributed by atoms with Crippen molar-refractivity contribution in [1.82, 2.24) is 10.2 Å². The van der Waals surface area contributed by atoms with Gasteiger partial charge in [0.2, 0.25) is 5.91 Å². The molecule has 0 saturated carbocycles. The fourth-order valence-corrected chi connectivity index (χ4v) is 4.67. The molecular weight excluding hydrogens is 484 g/mol. The lowest BCUT2D eigenvalue weighted by atomic mass is 10.0. The molecule has 9 nitrogen and oxygen atoms in total. The van der Waals surface area contributed by atoms with Crippen molar-refractivity contribution in [1.29, 1.82) is 0 Å². The predicted molar refractivity (Wildman–Crippen MR) is 127 cm³/mol. The van der Waals surface area contributed by atoms with E-state index in [4.69, 9.17) is 26.6 Å². The summed E-state index contributed by atoms with van der Waals surface area (Å²) in [7, 11) is 1.42. The number of benzene rings is 1. The van der Waals surface area contributed by atoms with Crippen LogP contribution in [0.5, 0.6) is 0 Å². The number of amides is 1. The van der Waals surface area contributed by atoms with Gasteiger partial charge in [-0.15, -0.1) is 11.3 Å². The molecule has 0 spiro atoms. The van der Waals surface area contributed by atoms with Crippen LogP contribution in [0.25, 0.3) is 0 Å². The van der Waals surface area contributed by atoms with Crippen molar-refractivity contribution in [2.24, 2.45) is 0 Å². The standard InChI is InChI=1S/C16H16ClNO2S.C7H11NO5/c1-20-16(19)15(12-4-2-3-5-13(12)17)18-8-6-14-11(10-18)7-9-21-14;1-4(9)8-5(7(12)13)2-3-6(10)11/h2-5,7,9,15H,6,8,10H2,1H3;5H,2-3H2,1H3,(H,8,9)(H,10,11)(H,12,13)/t15-;/m1./s1. The second kappa shape index (κ2) is 13.1. The normalized spacial score (nSPS) is 14.6. The number of carboxylic acids is 2. The summed E-state index contributed by atoms with van der Waals surface area (Å²) in [5, 5.41) is 21.6. The van der Waals surface area contributed by atoms with Gasteiger partial charge in [0.1, 0.15) is 12.1 Å². The van der Waals surface area contributed by atoms with Crippen LogP contribution in [-0.2, 0) is 36.9 Å². The third-order valence-electron chi connectivity index (χ3n) is 5.15. The minimum atomic E-state index is -1.23. The summed E-state index contributed by atoms with van der Waals surface area (Å²) in [6.07, 6.45) is 0.576. The molecule has 1 aliphatic rings. The van der Waals surface area contributed by atoms with Gasteiger partial charge in [0.25, 0.3) is 0 Å². The maximum absolute atomic E-state index is 12.3. The Hall–Kier alpha value is -2.95. The van der Waals surface area contributed by atoms with E-state index >= 15 is 0 Å². The van der Waals surface area contributed by atoms with Crippen LogP contribution in [-0.4, -0.2) is 58.6 Å². The van der Waals surface area contributed by atoms with Gasteiger partial charge in [0.15, 0.2) is 0 Å². The molecule has 1 aromatic heterocycles. The fourth-order valence-electron chi connectivity index (χ4n) is 3.54. The number of nitrogens with one attached hydrogen (secondary N) is 1. The van der Waals surface area contributed by atoms with E-state index in [1.807, 2.05) is 24.3 Å². The zero-order chi connectivity index (χ0) is 25.3. The van der Waals surface area contributed by atoms with Gasteiger partial charge in [-0.1, -0.05) is 29.8 Å². The number of thiophene rings is 1. The number of methoxy groups -OCH3 is 1. The molecule has 0 aliphatic carbocycles. The minimum absolute atomic E-state index is 0.107. The number of carbonyl (C=O) groups is 4. The van der Waals surface area contributed by atoms with Crippen molar-refractivity contribution >= 4 is 46.8 Å².